The van der Waals surface area contributed by atoms with Crippen LogP contribution in [-0.4, -0.2) is 37.1 Å². The zero-order valence-corrected chi connectivity index (χ0v) is 15.4. The molecule has 0 spiro atoms. The topological polar surface area (TPSA) is 53.3 Å². The summed E-state index contributed by atoms with van der Waals surface area (Å²) in [4.78, 5) is 15.0. The fourth-order valence-electron chi connectivity index (χ4n) is 3.09. The van der Waals surface area contributed by atoms with Gasteiger partial charge < -0.3 is 9.64 Å². The number of carbonyl (C=O) groups is 1. The molecule has 0 aliphatic carbocycles. The summed E-state index contributed by atoms with van der Waals surface area (Å²) in [6.45, 7) is 2.44. The van der Waals surface area contributed by atoms with Crippen molar-refractivity contribution in [3.05, 3.63) is 57.9 Å². The van der Waals surface area contributed by atoms with Crippen molar-refractivity contribution < 1.29 is 9.53 Å². The van der Waals surface area contributed by atoms with Gasteiger partial charge >= 0.3 is 0 Å². The van der Waals surface area contributed by atoms with Crippen LogP contribution in [0.2, 0.25) is 5.02 Å². The molecule has 0 unspecified atom stereocenters. The van der Waals surface area contributed by atoms with Gasteiger partial charge in [-0.05, 0) is 46.8 Å². The number of thiophene rings is 1. The molecule has 1 aliphatic heterocycles. The molecule has 0 N–H and O–H groups in total. The normalized spacial score (nSPS) is 14.4. The number of fused-ring (bicyclic) bond motifs is 1. The third kappa shape index (κ3) is 3.19. The predicted molar refractivity (Wildman–Crippen MR) is 104 cm³/mol. The molecule has 6 heteroatoms. The Hall–Kier alpha value is -2.39. The van der Waals surface area contributed by atoms with E-state index in [9.17, 15) is 4.79 Å². The van der Waals surface area contributed by atoms with E-state index in [2.05, 4.69) is 6.07 Å². The van der Waals surface area contributed by atoms with Gasteiger partial charge in [0.1, 0.15) is 10.9 Å². The van der Waals surface area contributed by atoms with Gasteiger partial charge in [-0.25, -0.2) is 0 Å². The molecule has 0 saturated carbocycles. The van der Waals surface area contributed by atoms with E-state index in [0.717, 1.165) is 21.2 Å². The number of ether oxygens (including phenoxy) is 1. The van der Waals surface area contributed by atoms with E-state index < -0.39 is 0 Å². The van der Waals surface area contributed by atoms with Gasteiger partial charge in [-0.15, -0.1) is 11.3 Å². The SMILES string of the molecule is N#Cc1cc2cc(-c3ccc(C(=O)N4CCOCC4)cc3)cc(Cl)c2s1. The van der Waals surface area contributed by atoms with Crippen molar-refractivity contribution in [3.63, 3.8) is 0 Å². The smallest absolute Gasteiger partial charge is 0.254 e. The molecule has 2 aromatic carbocycles. The van der Waals surface area contributed by atoms with Crippen molar-refractivity contribution in [2.45, 2.75) is 0 Å². The average molecular weight is 383 g/mol. The summed E-state index contributed by atoms with van der Waals surface area (Å²) in [7, 11) is 0. The first-order valence-electron chi connectivity index (χ1n) is 8.26. The predicted octanol–water partition coefficient (Wildman–Crippen LogP) is 4.57. The van der Waals surface area contributed by atoms with Gasteiger partial charge in [-0.2, -0.15) is 5.26 Å². The van der Waals surface area contributed by atoms with Crippen LogP contribution in [0.15, 0.2) is 42.5 Å². The number of halogens is 1. The van der Waals surface area contributed by atoms with E-state index in [1.54, 1.807) is 0 Å². The van der Waals surface area contributed by atoms with E-state index in [4.69, 9.17) is 21.6 Å². The van der Waals surface area contributed by atoms with Crippen LogP contribution in [0.25, 0.3) is 21.2 Å². The number of hydrogen-bond donors (Lipinski definition) is 0. The Labute approximate surface area is 160 Å². The first-order valence-corrected chi connectivity index (χ1v) is 9.46. The Balaban J connectivity index is 1.63. The first-order chi connectivity index (χ1) is 12.7. The summed E-state index contributed by atoms with van der Waals surface area (Å²) >= 11 is 7.79. The summed E-state index contributed by atoms with van der Waals surface area (Å²) in [5.74, 6) is 0.0323. The van der Waals surface area contributed by atoms with E-state index in [0.29, 0.717) is 41.8 Å². The second-order valence-corrected chi connectivity index (χ2v) is 7.54. The highest BCUT2D eigenvalue weighted by molar-refractivity contribution is 7.20. The van der Waals surface area contributed by atoms with Gasteiger partial charge in [0.2, 0.25) is 0 Å². The van der Waals surface area contributed by atoms with Crippen LogP contribution in [-0.2, 0) is 4.74 Å². The second kappa shape index (κ2) is 7.08. The molecule has 4 nitrogen and oxygen atoms in total. The molecule has 0 bridgehead atoms. The molecule has 1 aromatic heterocycles. The summed E-state index contributed by atoms with van der Waals surface area (Å²) in [5, 5.41) is 10.7. The molecule has 3 aromatic rings. The molecule has 1 amide bonds. The van der Waals surface area contributed by atoms with Gasteiger partial charge in [0, 0.05) is 18.7 Å². The molecular weight excluding hydrogens is 368 g/mol. The highest BCUT2D eigenvalue weighted by Gasteiger charge is 2.18. The lowest BCUT2D eigenvalue weighted by Gasteiger charge is -2.26. The number of nitrogens with zero attached hydrogens (tertiary/aromatic N) is 2. The highest BCUT2D eigenvalue weighted by atomic mass is 35.5. The first kappa shape index (κ1) is 17.0. The molecule has 0 atom stereocenters. The molecule has 1 aliphatic rings. The number of benzene rings is 2. The summed E-state index contributed by atoms with van der Waals surface area (Å²) < 4.78 is 6.22. The van der Waals surface area contributed by atoms with Gasteiger partial charge in [0.25, 0.3) is 5.91 Å². The molecule has 4 rings (SSSR count). The van der Waals surface area contributed by atoms with Crippen molar-refractivity contribution in [2.24, 2.45) is 0 Å². The third-order valence-corrected chi connectivity index (χ3v) is 5.94. The van der Waals surface area contributed by atoms with E-state index in [1.807, 2.05) is 47.4 Å². The monoisotopic (exact) mass is 382 g/mol. The van der Waals surface area contributed by atoms with Gasteiger partial charge in [-0.1, -0.05) is 23.7 Å². The third-order valence-electron chi connectivity index (χ3n) is 4.44. The van der Waals surface area contributed by atoms with Crippen molar-refractivity contribution >= 4 is 38.9 Å². The van der Waals surface area contributed by atoms with E-state index >= 15 is 0 Å². The fourth-order valence-corrected chi connectivity index (χ4v) is 4.27. The molecule has 0 radical (unpaired) electrons. The molecule has 1 fully saturated rings. The lowest BCUT2D eigenvalue weighted by atomic mass is 10.0. The number of hydrogen-bond acceptors (Lipinski definition) is 4. The molecule has 1 saturated heterocycles. The van der Waals surface area contributed by atoms with Crippen LogP contribution in [0.1, 0.15) is 15.2 Å². The molecular formula is C20H15ClN2O2S. The second-order valence-electron chi connectivity index (χ2n) is 6.08. The van der Waals surface area contributed by atoms with Crippen molar-refractivity contribution in [1.82, 2.24) is 4.90 Å². The maximum absolute atomic E-state index is 12.5. The number of carbonyl (C=O) groups excluding carboxylic acids is 1. The summed E-state index contributed by atoms with van der Waals surface area (Å²) in [6.07, 6.45) is 0. The Kier molecular flexibility index (Phi) is 4.64. The van der Waals surface area contributed by atoms with Crippen molar-refractivity contribution in [1.29, 1.82) is 5.26 Å². The minimum Gasteiger partial charge on any atom is -0.378 e. The summed E-state index contributed by atoms with van der Waals surface area (Å²) in [5.41, 5.74) is 2.62. The van der Waals surface area contributed by atoms with Crippen LogP contribution in [0, 0.1) is 11.3 Å². The van der Waals surface area contributed by atoms with Crippen LogP contribution < -0.4 is 0 Å². The Morgan fingerprint density at radius 2 is 1.85 bits per heavy atom. The number of rotatable bonds is 2. The van der Waals surface area contributed by atoms with Crippen LogP contribution in [0.3, 0.4) is 0 Å². The van der Waals surface area contributed by atoms with Crippen LogP contribution in [0.4, 0.5) is 0 Å². The molecule has 26 heavy (non-hydrogen) atoms. The minimum atomic E-state index is 0.0323. The van der Waals surface area contributed by atoms with Crippen LogP contribution in [0.5, 0.6) is 0 Å². The fraction of sp³-hybridized carbons (Fsp3) is 0.200. The Morgan fingerprint density at radius 1 is 1.12 bits per heavy atom. The van der Waals surface area contributed by atoms with Crippen molar-refractivity contribution in [2.75, 3.05) is 26.3 Å². The highest BCUT2D eigenvalue weighted by Crippen LogP contribution is 2.36. The van der Waals surface area contributed by atoms with Gasteiger partial charge in [-0.3, -0.25) is 4.79 Å². The Bertz CT molecular complexity index is 1010. The van der Waals surface area contributed by atoms with Gasteiger partial charge in [0.05, 0.1) is 22.9 Å². The zero-order chi connectivity index (χ0) is 18.1. The number of morpholine rings is 1. The van der Waals surface area contributed by atoms with Crippen molar-refractivity contribution in [3.8, 4) is 17.2 Å². The standard InChI is InChI=1S/C20H15ClN2O2S/c21-18-11-15(9-16-10-17(12-22)26-19(16)18)13-1-3-14(4-2-13)20(24)23-5-7-25-8-6-23/h1-4,9-11H,5-8H2. The maximum Gasteiger partial charge on any atom is 0.254 e. The summed E-state index contributed by atoms with van der Waals surface area (Å²) in [6, 6.07) is 15.5. The minimum absolute atomic E-state index is 0.0323. The van der Waals surface area contributed by atoms with Crippen LogP contribution >= 0.6 is 22.9 Å². The lowest BCUT2D eigenvalue weighted by molar-refractivity contribution is 0.0303. The van der Waals surface area contributed by atoms with Gasteiger partial charge in [0.15, 0.2) is 0 Å². The largest absolute Gasteiger partial charge is 0.378 e. The lowest BCUT2D eigenvalue weighted by Crippen LogP contribution is -2.40. The molecule has 2 heterocycles. The molecule has 130 valence electrons. The number of nitriles is 1. The maximum atomic E-state index is 12.5. The Morgan fingerprint density at radius 3 is 2.54 bits per heavy atom. The van der Waals surface area contributed by atoms with E-state index in [-0.39, 0.29) is 5.91 Å². The zero-order valence-electron chi connectivity index (χ0n) is 13.9. The van der Waals surface area contributed by atoms with E-state index in [1.165, 1.54) is 11.3 Å². The number of amides is 1. The quantitative estimate of drug-likeness (QED) is 0.652. The average Bonchev–Trinajstić information content (AvgIpc) is 3.12.